The summed E-state index contributed by atoms with van der Waals surface area (Å²) >= 11 is 6.16. The Bertz CT molecular complexity index is 505. The van der Waals surface area contributed by atoms with Crippen LogP contribution in [0.15, 0.2) is 18.2 Å². The predicted octanol–water partition coefficient (Wildman–Crippen LogP) is 2.85. The van der Waals surface area contributed by atoms with E-state index in [0.29, 0.717) is 17.0 Å². The number of hydrogen-bond donors (Lipinski definition) is 1. The van der Waals surface area contributed by atoms with Gasteiger partial charge in [-0.2, -0.15) is 0 Å². The number of nitrogens with one attached hydrogen (secondary N) is 1. The minimum Gasteiger partial charge on any atom is -0.371 e. The van der Waals surface area contributed by atoms with Crippen molar-refractivity contribution in [2.45, 2.75) is 19.4 Å². The van der Waals surface area contributed by atoms with Crippen LogP contribution in [0.3, 0.4) is 0 Å². The van der Waals surface area contributed by atoms with Crippen molar-refractivity contribution in [2.24, 2.45) is 5.41 Å². The lowest BCUT2D eigenvalue weighted by molar-refractivity contribution is -0.0400. The zero-order valence-corrected chi connectivity index (χ0v) is 13.1. The SMILES string of the molecule is CC1(CN2CCOC(c3ccc(F)cc3Cl)C2)CCNC1. The average molecular weight is 313 g/mol. The van der Waals surface area contributed by atoms with Gasteiger partial charge in [-0.15, -0.1) is 0 Å². The minimum atomic E-state index is -0.305. The molecule has 0 aliphatic carbocycles. The Morgan fingerprint density at radius 2 is 2.38 bits per heavy atom. The van der Waals surface area contributed by atoms with E-state index in [1.54, 1.807) is 6.07 Å². The van der Waals surface area contributed by atoms with E-state index < -0.39 is 0 Å². The molecule has 21 heavy (non-hydrogen) atoms. The molecule has 2 saturated heterocycles. The number of ether oxygens (including phenoxy) is 1. The first-order chi connectivity index (χ1) is 10.1. The Morgan fingerprint density at radius 1 is 1.52 bits per heavy atom. The number of benzene rings is 1. The summed E-state index contributed by atoms with van der Waals surface area (Å²) in [7, 11) is 0. The number of morpholine rings is 1. The van der Waals surface area contributed by atoms with E-state index in [0.717, 1.165) is 38.3 Å². The third-order valence-electron chi connectivity index (χ3n) is 4.52. The van der Waals surface area contributed by atoms with Crippen LogP contribution in [0.4, 0.5) is 4.39 Å². The monoisotopic (exact) mass is 312 g/mol. The third-order valence-corrected chi connectivity index (χ3v) is 4.85. The molecule has 2 atom stereocenters. The van der Waals surface area contributed by atoms with Crippen molar-refractivity contribution in [1.82, 2.24) is 10.2 Å². The first kappa shape index (κ1) is 15.2. The molecule has 5 heteroatoms. The molecule has 3 rings (SSSR count). The highest BCUT2D eigenvalue weighted by Crippen LogP contribution is 2.32. The van der Waals surface area contributed by atoms with Crippen LogP contribution in [0.5, 0.6) is 0 Å². The maximum absolute atomic E-state index is 13.2. The average Bonchev–Trinajstić information content (AvgIpc) is 2.85. The summed E-state index contributed by atoms with van der Waals surface area (Å²) in [6.45, 7) is 8.05. The summed E-state index contributed by atoms with van der Waals surface area (Å²) in [5, 5.41) is 3.89. The number of rotatable bonds is 3. The van der Waals surface area contributed by atoms with Gasteiger partial charge in [0.15, 0.2) is 0 Å². The molecule has 3 nitrogen and oxygen atoms in total. The Hall–Kier alpha value is -0.680. The summed E-state index contributed by atoms with van der Waals surface area (Å²) in [4.78, 5) is 2.45. The third kappa shape index (κ3) is 3.57. The van der Waals surface area contributed by atoms with Crippen LogP contribution in [-0.4, -0.2) is 44.2 Å². The molecule has 0 saturated carbocycles. The van der Waals surface area contributed by atoms with Gasteiger partial charge in [0, 0.05) is 36.8 Å². The molecule has 0 amide bonds. The first-order valence-electron chi connectivity index (χ1n) is 7.55. The summed E-state index contributed by atoms with van der Waals surface area (Å²) in [6, 6.07) is 4.55. The smallest absolute Gasteiger partial charge is 0.124 e. The highest BCUT2D eigenvalue weighted by molar-refractivity contribution is 6.31. The Kier molecular flexibility index (Phi) is 4.50. The summed E-state index contributed by atoms with van der Waals surface area (Å²) < 4.78 is 19.0. The second-order valence-electron chi connectivity index (χ2n) is 6.50. The van der Waals surface area contributed by atoms with Gasteiger partial charge in [0.1, 0.15) is 5.82 Å². The summed E-state index contributed by atoms with van der Waals surface area (Å²) in [6.07, 6.45) is 1.15. The molecule has 2 fully saturated rings. The number of halogens is 2. The van der Waals surface area contributed by atoms with E-state index >= 15 is 0 Å². The molecule has 0 spiro atoms. The molecule has 1 aromatic carbocycles. The highest BCUT2D eigenvalue weighted by atomic mass is 35.5. The van der Waals surface area contributed by atoms with Crippen molar-refractivity contribution < 1.29 is 9.13 Å². The fraction of sp³-hybridized carbons (Fsp3) is 0.625. The second-order valence-corrected chi connectivity index (χ2v) is 6.91. The van der Waals surface area contributed by atoms with Crippen LogP contribution < -0.4 is 5.32 Å². The molecular weight excluding hydrogens is 291 g/mol. The molecule has 0 aromatic heterocycles. The van der Waals surface area contributed by atoms with Crippen LogP contribution in [0.2, 0.25) is 5.02 Å². The van der Waals surface area contributed by atoms with E-state index in [-0.39, 0.29) is 11.9 Å². The van der Waals surface area contributed by atoms with Gasteiger partial charge >= 0.3 is 0 Å². The molecular formula is C16H22ClFN2O. The minimum absolute atomic E-state index is 0.0650. The summed E-state index contributed by atoms with van der Waals surface area (Å²) in [5.41, 5.74) is 1.23. The van der Waals surface area contributed by atoms with E-state index in [1.165, 1.54) is 18.6 Å². The zero-order chi connectivity index (χ0) is 14.9. The quantitative estimate of drug-likeness (QED) is 0.929. The van der Waals surface area contributed by atoms with E-state index in [1.807, 2.05) is 0 Å². The molecule has 0 bridgehead atoms. The molecule has 1 aromatic rings. The number of hydrogen-bond acceptors (Lipinski definition) is 3. The maximum Gasteiger partial charge on any atom is 0.124 e. The normalized spacial score (nSPS) is 30.7. The van der Waals surface area contributed by atoms with Gasteiger partial charge in [-0.05, 0) is 30.5 Å². The highest BCUT2D eigenvalue weighted by Gasteiger charge is 2.33. The van der Waals surface area contributed by atoms with Gasteiger partial charge in [0.2, 0.25) is 0 Å². The van der Waals surface area contributed by atoms with Crippen molar-refractivity contribution >= 4 is 11.6 Å². The van der Waals surface area contributed by atoms with Crippen LogP contribution in [0.25, 0.3) is 0 Å². The zero-order valence-electron chi connectivity index (χ0n) is 12.4. The van der Waals surface area contributed by atoms with Crippen LogP contribution in [0.1, 0.15) is 25.0 Å². The first-order valence-corrected chi connectivity index (χ1v) is 7.93. The lowest BCUT2D eigenvalue weighted by Gasteiger charge is -2.38. The topological polar surface area (TPSA) is 24.5 Å². The van der Waals surface area contributed by atoms with Crippen LogP contribution >= 0.6 is 11.6 Å². The Labute approximate surface area is 130 Å². The Balaban J connectivity index is 1.68. The number of nitrogens with zero attached hydrogens (tertiary/aromatic N) is 1. The fourth-order valence-corrected chi connectivity index (χ4v) is 3.63. The van der Waals surface area contributed by atoms with Crippen molar-refractivity contribution in [1.29, 1.82) is 0 Å². The van der Waals surface area contributed by atoms with Crippen molar-refractivity contribution in [3.63, 3.8) is 0 Å². The van der Waals surface area contributed by atoms with Crippen molar-refractivity contribution in [2.75, 3.05) is 39.3 Å². The van der Waals surface area contributed by atoms with Gasteiger partial charge in [-0.3, -0.25) is 4.90 Å². The fourth-order valence-electron chi connectivity index (χ4n) is 3.34. The van der Waals surface area contributed by atoms with Crippen LogP contribution in [-0.2, 0) is 4.74 Å². The summed E-state index contributed by atoms with van der Waals surface area (Å²) in [5.74, 6) is -0.305. The largest absolute Gasteiger partial charge is 0.371 e. The van der Waals surface area contributed by atoms with Gasteiger partial charge in [-0.25, -0.2) is 4.39 Å². The molecule has 1 N–H and O–H groups in total. The second kappa shape index (κ2) is 6.21. The van der Waals surface area contributed by atoms with Crippen LogP contribution in [0, 0.1) is 11.2 Å². The lowest BCUT2D eigenvalue weighted by Crippen LogP contribution is -2.44. The molecule has 2 aliphatic heterocycles. The van der Waals surface area contributed by atoms with E-state index in [2.05, 4.69) is 17.1 Å². The van der Waals surface area contributed by atoms with E-state index in [9.17, 15) is 4.39 Å². The Morgan fingerprint density at radius 3 is 3.10 bits per heavy atom. The maximum atomic E-state index is 13.2. The van der Waals surface area contributed by atoms with Gasteiger partial charge < -0.3 is 10.1 Å². The molecule has 2 unspecified atom stereocenters. The van der Waals surface area contributed by atoms with E-state index in [4.69, 9.17) is 16.3 Å². The van der Waals surface area contributed by atoms with Gasteiger partial charge in [-0.1, -0.05) is 24.6 Å². The van der Waals surface area contributed by atoms with Crippen molar-refractivity contribution in [3.8, 4) is 0 Å². The predicted molar refractivity (Wildman–Crippen MR) is 82.1 cm³/mol. The molecule has 2 heterocycles. The lowest BCUT2D eigenvalue weighted by atomic mass is 9.89. The molecule has 2 aliphatic rings. The molecule has 0 radical (unpaired) electrons. The standard InChI is InChI=1S/C16H22ClFN2O/c1-16(4-5-19-10-16)11-20-6-7-21-15(9-20)13-3-2-12(18)8-14(13)17/h2-3,8,15,19H,4-7,9-11H2,1H3. The van der Waals surface area contributed by atoms with Crippen molar-refractivity contribution in [3.05, 3.63) is 34.6 Å². The van der Waals surface area contributed by atoms with Gasteiger partial charge in [0.05, 0.1) is 12.7 Å². The van der Waals surface area contributed by atoms with Gasteiger partial charge in [0.25, 0.3) is 0 Å². The molecule has 116 valence electrons.